The summed E-state index contributed by atoms with van der Waals surface area (Å²) >= 11 is 0. The van der Waals surface area contributed by atoms with Gasteiger partial charge < -0.3 is 15.0 Å². The van der Waals surface area contributed by atoms with E-state index in [1.165, 1.54) is 51.7 Å². The molecule has 0 aromatic carbocycles. The Morgan fingerprint density at radius 2 is 1.83 bits per heavy atom. The van der Waals surface area contributed by atoms with Gasteiger partial charge in [-0.05, 0) is 38.3 Å². The van der Waals surface area contributed by atoms with Crippen LogP contribution in [0.15, 0.2) is 0 Å². The molecule has 0 spiro atoms. The molecule has 0 saturated carbocycles. The first-order valence-corrected chi connectivity index (χ1v) is 7.87. The van der Waals surface area contributed by atoms with Gasteiger partial charge in [-0.3, -0.25) is 0 Å². The Balaban J connectivity index is 2.03. The minimum atomic E-state index is 0.754. The lowest BCUT2D eigenvalue weighted by Gasteiger charge is -2.22. The van der Waals surface area contributed by atoms with E-state index in [0.717, 1.165) is 32.2 Å². The first kappa shape index (κ1) is 15.9. The molecule has 18 heavy (non-hydrogen) atoms. The predicted octanol–water partition coefficient (Wildman–Crippen LogP) is 2.51. The Labute approximate surface area is 113 Å². The predicted molar refractivity (Wildman–Crippen MR) is 78.1 cm³/mol. The molecule has 1 rings (SSSR count). The van der Waals surface area contributed by atoms with Crippen molar-refractivity contribution < 1.29 is 4.74 Å². The average Bonchev–Trinajstić information content (AvgIpc) is 2.90. The van der Waals surface area contributed by atoms with Crippen LogP contribution in [0.25, 0.3) is 0 Å². The lowest BCUT2D eigenvalue weighted by atomic mass is 10.1. The molecule has 1 aliphatic rings. The van der Waals surface area contributed by atoms with E-state index in [9.17, 15) is 0 Å². The van der Waals surface area contributed by atoms with Crippen LogP contribution < -0.4 is 5.32 Å². The number of hydrogen-bond acceptors (Lipinski definition) is 3. The summed E-state index contributed by atoms with van der Waals surface area (Å²) in [7, 11) is 0. The van der Waals surface area contributed by atoms with E-state index in [2.05, 4.69) is 24.1 Å². The highest BCUT2D eigenvalue weighted by molar-refractivity contribution is 4.67. The third kappa shape index (κ3) is 7.34. The molecule has 0 radical (unpaired) electrons. The van der Waals surface area contributed by atoms with Crippen LogP contribution in [-0.2, 0) is 4.74 Å². The van der Waals surface area contributed by atoms with Gasteiger partial charge in [0, 0.05) is 26.2 Å². The van der Waals surface area contributed by atoms with E-state index in [0.29, 0.717) is 0 Å². The van der Waals surface area contributed by atoms with E-state index in [1.807, 2.05) is 0 Å². The Morgan fingerprint density at radius 1 is 1.11 bits per heavy atom. The molecule has 3 nitrogen and oxygen atoms in total. The highest BCUT2D eigenvalue weighted by Gasteiger charge is 2.14. The van der Waals surface area contributed by atoms with Crippen LogP contribution in [0.3, 0.4) is 0 Å². The zero-order chi connectivity index (χ0) is 13.1. The topological polar surface area (TPSA) is 24.5 Å². The fourth-order valence-electron chi connectivity index (χ4n) is 2.39. The third-order valence-corrected chi connectivity index (χ3v) is 3.72. The van der Waals surface area contributed by atoms with Gasteiger partial charge in [0.1, 0.15) is 0 Å². The van der Waals surface area contributed by atoms with Gasteiger partial charge in [0.15, 0.2) is 0 Å². The maximum Gasteiger partial charge on any atom is 0.0507 e. The maximum atomic E-state index is 5.39. The van der Waals surface area contributed by atoms with Gasteiger partial charge in [-0.2, -0.15) is 0 Å². The van der Waals surface area contributed by atoms with Gasteiger partial charge in [0.2, 0.25) is 0 Å². The van der Waals surface area contributed by atoms with Crippen molar-refractivity contribution in [1.29, 1.82) is 0 Å². The molecular weight excluding hydrogens is 224 g/mol. The fraction of sp³-hybridized carbons (Fsp3) is 1.00. The molecule has 3 heteroatoms. The van der Waals surface area contributed by atoms with Crippen molar-refractivity contribution >= 4 is 0 Å². The number of rotatable bonds is 11. The summed E-state index contributed by atoms with van der Waals surface area (Å²) in [5, 5.41) is 3.59. The summed E-state index contributed by atoms with van der Waals surface area (Å²) in [6.07, 6.45) is 6.51. The van der Waals surface area contributed by atoms with Gasteiger partial charge in [0.05, 0.1) is 6.61 Å². The second-order valence-electron chi connectivity index (χ2n) is 5.48. The summed E-state index contributed by atoms with van der Waals surface area (Å²) in [5.41, 5.74) is 0. The second kappa shape index (κ2) is 10.8. The van der Waals surface area contributed by atoms with Crippen molar-refractivity contribution in [2.45, 2.75) is 46.0 Å². The van der Waals surface area contributed by atoms with Crippen LogP contribution in [0.5, 0.6) is 0 Å². The van der Waals surface area contributed by atoms with Crippen LogP contribution in [-0.4, -0.2) is 50.8 Å². The molecule has 0 bridgehead atoms. The van der Waals surface area contributed by atoms with E-state index in [4.69, 9.17) is 4.74 Å². The summed E-state index contributed by atoms with van der Waals surface area (Å²) in [6.45, 7) is 12.5. The van der Waals surface area contributed by atoms with Gasteiger partial charge in [-0.1, -0.05) is 26.7 Å². The highest BCUT2D eigenvalue weighted by Crippen LogP contribution is 2.10. The number of hydrogen-bond donors (Lipinski definition) is 1. The Kier molecular flexibility index (Phi) is 9.54. The van der Waals surface area contributed by atoms with Gasteiger partial charge >= 0.3 is 0 Å². The first-order valence-electron chi connectivity index (χ1n) is 7.87. The van der Waals surface area contributed by atoms with Crippen molar-refractivity contribution in [2.75, 3.05) is 45.9 Å². The van der Waals surface area contributed by atoms with Crippen LogP contribution >= 0.6 is 0 Å². The molecule has 0 aromatic heterocycles. The molecule has 0 aromatic rings. The SMILES string of the molecule is CCCCN(CCCC)CCNCC1CCOC1. The zero-order valence-corrected chi connectivity index (χ0v) is 12.4. The summed E-state index contributed by atoms with van der Waals surface area (Å²) in [4.78, 5) is 2.62. The minimum Gasteiger partial charge on any atom is -0.381 e. The van der Waals surface area contributed by atoms with Gasteiger partial charge in [-0.25, -0.2) is 0 Å². The van der Waals surface area contributed by atoms with E-state index in [1.54, 1.807) is 0 Å². The van der Waals surface area contributed by atoms with E-state index < -0.39 is 0 Å². The van der Waals surface area contributed by atoms with E-state index >= 15 is 0 Å². The largest absolute Gasteiger partial charge is 0.381 e. The molecule has 1 unspecified atom stereocenters. The molecule has 1 heterocycles. The van der Waals surface area contributed by atoms with Crippen LogP contribution in [0.2, 0.25) is 0 Å². The normalized spacial score (nSPS) is 19.8. The smallest absolute Gasteiger partial charge is 0.0507 e. The van der Waals surface area contributed by atoms with Crippen molar-refractivity contribution in [1.82, 2.24) is 10.2 Å². The minimum absolute atomic E-state index is 0.754. The Bertz CT molecular complexity index is 173. The van der Waals surface area contributed by atoms with Crippen LogP contribution in [0.4, 0.5) is 0 Å². The monoisotopic (exact) mass is 256 g/mol. The molecule has 1 atom stereocenters. The maximum absolute atomic E-state index is 5.39. The molecule has 1 aliphatic heterocycles. The zero-order valence-electron chi connectivity index (χ0n) is 12.4. The number of nitrogens with zero attached hydrogens (tertiary/aromatic N) is 1. The molecule has 108 valence electrons. The van der Waals surface area contributed by atoms with Crippen LogP contribution in [0, 0.1) is 5.92 Å². The van der Waals surface area contributed by atoms with Crippen molar-refractivity contribution in [3.05, 3.63) is 0 Å². The molecule has 1 N–H and O–H groups in total. The standard InChI is InChI=1S/C15H32N2O/c1-3-5-9-17(10-6-4-2)11-8-16-13-15-7-12-18-14-15/h15-16H,3-14H2,1-2H3. The molecule has 1 saturated heterocycles. The summed E-state index contributed by atoms with van der Waals surface area (Å²) in [5.74, 6) is 0.754. The number of nitrogens with one attached hydrogen (secondary N) is 1. The molecule has 0 aliphatic carbocycles. The molecule has 1 fully saturated rings. The fourth-order valence-corrected chi connectivity index (χ4v) is 2.39. The van der Waals surface area contributed by atoms with E-state index in [-0.39, 0.29) is 0 Å². The third-order valence-electron chi connectivity index (χ3n) is 3.72. The Morgan fingerprint density at radius 3 is 2.39 bits per heavy atom. The number of ether oxygens (including phenoxy) is 1. The van der Waals surface area contributed by atoms with Crippen molar-refractivity contribution in [2.24, 2.45) is 5.92 Å². The van der Waals surface area contributed by atoms with Crippen molar-refractivity contribution in [3.63, 3.8) is 0 Å². The first-order chi connectivity index (χ1) is 8.86. The second-order valence-corrected chi connectivity index (χ2v) is 5.48. The van der Waals surface area contributed by atoms with Crippen molar-refractivity contribution in [3.8, 4) is 0 Å². The van der Waals surface area contributed by atoms with Gasteiger partial charge in [0.25, 0.3) is 0 Å². The van der Waals surface area contributed by atoms with Gasteiger partial charge in [-0.15, -0.1) is 0 Å². The molecule has 0 amide bonds. The Hall–Kier alpha value is -0.120. The lowest BCUT2D eigenvalue weighted by Crippen LogP contribution is -2.35. The lowest BCUT2D eigenvalue weighted by molar-refractivity contribution is 0.184. The summed E-state index contributed by atoms with van der Waals surface area (Å²) in [6, 6.07) is 0. The molecular formula is C15H32N2O. The summed E-state index contributed by atoms with van der Waals surface area (Å²) < 4.78 is 5.39. The highest BCUT2D eigenvalue weighted by atomic mass is 16.5. The quantitative estimate of drug-likeness (QED) is 0.575. The average molecular weight is 256 g/mol. The van der Waals surface area contributed by atoms with Crippen LogP contribution in [0.1, 0.15) is 46.0 Å². The number of unbranched alkanes of at least 4 members (excludes halogenated alkanes) is 2.